The molecule has 0 spiro atoms. The fourth-order valence-electron chi connectivity index (χ4n) is 3.22. The van der Waals surface area contributed by atoms with Crippen molar-refractivity contribution in [3.8, 4) is 23.7 Å². The number of rotatable bonds is 5. The molecule has 0 aliphatic carbocycles. The first-order valence-electron chi connectivity index (χ1n) is 10.8. The highest BCUT2D eigenvalue weighted by Crippen LogP contribution is 2.13. The Kier molecular flexibility index (Phi) is 8.03. The zero-order valence-corrected chi connectivity index (χ0v) is 18.1. The van der Waals surface area contributed by atoms with Crippen LogP contribution in [-0.2, 0) is 12.8 Å². The van der Waals surface area contributed by atoms with Gasteiger partial charge in [0.25, 0.3) is 0 Å². The maximum absolute atomic E-state index is 14.4. The number of hydrogen-bond donors (Lipinski definition) is 0. The molecule has 0 atom stereocenters. The summed E-state index contributed by atoms with van der Waals surface area (Å²) in [5.41, 5.74) is 4.25. The van der Waals surface area contributed by atoms with E-state index in [9.17, 15) is 8.78 Å². The molecule has 3 aromatic rings. The first-order valence-corrected chi connectivity index (χ1v) is 10.8. The largest absolute Gasteiger partial charge is 0.207 e. The van der Waals surface area contributed by atoms with Crippen LogP contribution >= 0.6 is 0 Å². The maximum Gasteiger partial charge on any atom is 0.140 e. The minimum atomic E-state index is -0.414. The van der Waals surface area contributed by atoms with Gasteiger partial charge in [-0.3, -0.25) is 0 Å². The maximum atomic E-state index is 14.4. The molecule has 0 nitrogen and oxygen atoms in total. The average molecular weight is 413 g/mol. The van der Waals surface area contributed by atoms with Gasteiger partial charge in [-0.25, -0.2) is 8.78 Å². The van der Waals surface area contributed by atoms with Gasteiger partial charge in [0.2, 0.25) is 0 Å². The molecule has 31 heavy (non-hydrogen) atoms. The number of hydrogen-bond acceptors (Lipinski definition) is 0. The van der Waals surface area contributed by atoms with E-state index < -0.39 is 5.82 Å². The SMILES string of the molecule is CCCCCc1ccc(C#Cc2ccc(C#Cc3ccc(CC)c(F)c3)cc2F)cc1. The summed E-state index contributed by atoms with van der Waals surface area (Å²) >= 11 is 0. The highest BCUT2D eigenvalue weighted by molar-refractivity contribution is 5.49. The molecule has 0 radical (unpaired) electrons. The van der Waals surface area contributed by atoms with Gasteiger partial charge in [0.1, 0.15) is 11.6 Å². The van der Waals surface area contributed by atoms with Crippen molar-refractivity contribution >= 4 is 0 Å². The number of aryl methyl sites for hydroxylation is 2. The zero-order chi connectivity index (χ0) is 22.1. The Bertz CT molecular complexity index is 1150. The van der Waals surface area contributed by atoms with Crippen LogP contribution < -0.4 is 0 Å². The van der Waals surface area contributed by atoms with E-state index in [0.29, 0.717) is 28.7 Å². The lowest BCUT2D eigenvalue weighted by molar-refractivity contribution is 0.612. The molecule has 2 heteroatoms. The summed E-state index contributed by atoms with van der Waals surface area (Å²) < 4.78 is 28.3. The molecule has 156 valence electrons. The van der Waals surface area contributed by atoms with Crippen LogP contribution in [0.25, 0.3) is 0 Å². The molecular formula is C29H26F2. The third-order valence-corrected chi connectivity index (χ3v) is 5.12. The third kappa shape index (κ3) is 6.56. The van der Waals surface area contributed by atoms with Gasteiger partial charge in [-0.05, 0) is 72.9 Å². The van der Waals surface area contributed by atoms with E-state index in [1.807, 2.05) is 19.1 Å². The van der Waals surface area contributed by atoms with E-state index in [1.165, 1.54) is 37.0 Å². The van der Waals surface area contributed by atoms with Gasteiger partial charge in [0.15, 0.2) is 0 Å². The number of benzene rings is 3. The molecule has 0 unspecified atom stereocenters. The minimum absolute atomic E-state index is 0.264. The molecule has 0 amide bonds. The molecule has 0 fully saturated rings. The normalized spacial score (nSPS) is 10.1. The summed E-state index contributed by atoms with van der Waals surface area (Å²) in [5, 5.41) is 0. The summed E-state index contributed by atoms with van der Waals surface area (Å²) in [6.07, 6.45) is 5.36. The van der Waals surface area contributed by atoms with Gasteiger partial charge in [-0.15, -0.1) is 0 Å². The number of halogens is 2. The predicted octanol–water partition coefficient (Wildman–Crippen LogP) is 7.06. The van der Waals surface area contributed by atoms with Crippen molar-refractivity contribution in [2.75, 3.05) is 0 Å². The van der Waals surface area contributed by atoms with Gasteiger partial charge in [-0.2, -0.15) is 0 Å². The predicted molar refractivity (Wildman–Crippen MR) is 124 cm³/mol. The third-order valence-electron chi connectivity index (χ3n) is 5.12. The summed E-state index contributed by atoms with van der Waals surface area (Å²) in [6, 6.07) is 17.8. The first-order chi connectivity index (χ1) is 15.1. The first kappa shape index (κ1) is 22.3. The van der Waals surface area contributed by atoms with Crippen LogP contribution in [0.4, 0.5) is 8.78 Å². The average Bonchev–Trinajstić information content (AvgIpc) is 2.78. The van der Waals surface area contributed by atoms with Crippen molar-refractivity contribution < 1.29 is 8.78 Å². The van der Waals surface area contributed by atoms with Crippen LogP contribution in [0.1, 0.15) is 66.5 Å². The summed E-state index contributed by atoms with van der Waals surface area (Å²) in [7, 11) is 0. The van der Waals surface area contributed by atoms with E-state index in [-0.39, 0.29) is 5.82 Å². The van der Waals surface area contributed by atoms with Crippen LogP contribution in [-0.4, -0.2) is 0 Å². The fraction of sp³-hybridized carbons (Fsp3) is 0.241. The van der Waals surface area contributed by atoms with Crippen LogP contribution in [0.15, 0.2) is 60.7 Å². The Morgan fingerprint density at radius 3 is 1.87 bits per heavy atom. The van der Waals surface area contributed by atoms with E-state index in [1.54, 1.807) is 24.3 Å². The smallest absolute Gasteiger partial charge is 0.140 e. The second kappa shape index (κ2) is 11.1. The molecule has 0 N–H and O–H groups in total. The Morgan fingerprint density at radius 2 is 1.26 bits per heavy atom. The van der Waals surface area contributed by atoms with Gasteiger partial charge in [0, 0.05) is 16.7 Å². The summed E-state index contributed by atoms with van der Waals surface area (Å²) in [6.45, 7) is 4.10. The van der Waals surface area contributed by atoms with Crippen molar-refractivity contribution in [3.63, 3.8) is 0 Å². The summed E-state index contributed by atoms with van der Waals surface area (Å²) in [5.74, 6) is 11.0. The van der Waals surface area contributed by atoms with Gasteiger partial charge in [-0.1, -0.05) is 68.6 Å². The van der Waals surface area contributed by atoms with Crippen molar-refractivity contribution in [2.24, 2.45) is 0 Å². The topological polar surface area (TPSA) is 0 Å². The van der Waals surface area contributed by atoms with E-state index in [4.69, 9.17) is 0 Å². The molecule has 0 aromatic heterocycles. The lowest BCUT2D eigenvalue weighted by Gasteiger charge is -2.00. The van der Waals surface area contributed by atoms with Gasteiger partial charge >= 0.3 is 0 Å². The van der Waals surface area contributed by atoms with Crippen molar-refractivity contribution in [2.45, 2.75) is 46.0 Å². The lowest BCUT2D eigenvalue weighted by Crippen LogP contribution is -1.89. The van der Waals surface area contributed by atoms with Crippen LogP contribution in [0.3, 0.4) is 0 Å². The van der Waals surface area contributed by atoms with Crippen molar-refractivity contribution in [3.05, 3.63) is 106 Å². The van der Waals surface area contributed by atoms with Crippen molar-refractivity contribution in [1.29, 1.82) is 0 Å². The van der Waals surface area contributed by atoms with Crippen LogP contribution in [0.2, 0.25) is 0 Å². The highest BCUT2D eigenvalue weighted by Gasteiger charge is 2.02. The van der Waals surface area contributed by atoms with E-state index >= 15 is 0 Å². The van der Waals surface area contributed by atoms with Crippen molar-refractivity contribution in [1.82, 2.24) is 0 Å². The monoisotopic (exact) mass is 412 g/mol. The summed E-state index contributed by atoms with van der Waals surface area (Å²) in [4.78, 5) is 0. The Hall–Kier alpha value is -3.36. The molecule has 0 heterocycles. The fourth-order valence-corrected chi connectivity index (χ4v) is 3.22. The van der Waals surface area contributed by atoms with E-state index in [2.05, 4.69) is 42.7 Å². The molecule has 3 aromatic carbocycles. The molecule has 0 saturated heterocycles. The van der Waals surface area contributed by atoms with Gasteiger partial charge in [0.05, 0.1) is 5.56 Å². The second-order valence-corrected chi connectivity index (χ2v) is 7.51. The Morgan fingerprint density at radius 1 is 0.645 bits per heavy atom. The molecule has 0 bridgehead atoms. The molecule has 3 rings (SSSR count). The second-order valence-electron chi connectivity index (χ2n) is 7.51. The minimum Gasteiger partial charge on any atom is -0.207 e. The van der Waals surface area contributed by atoms with Gasteiger partial charge < -0.3 is 0 Å². The molecular weight excluding hydrogens is 386 g/mol. The molecule has 0 saturated carbocycles. The Labute approximate surface area is 184 Å². The standard InChI is InChI=1S/C29H26F2/c1-3-5-6-7-22-8-10-23(11-9-22)14-18-27-19-16-25(21-29(27)31)13-12-24-15-17-26(4-2)28(30)20-24/h8-11,15-17,19-21H,3-7H2,1-2H3. The quantitative estimate of drug-likeness (QED) is 0.311. The van der Waals surface area contributed by atoms with Crippen LogP contribution in [0.5, 0.6) is 0 Å². The number of unbranched alkanes of at least 4 members (excludes halogenated alkanes) is 2. The Balaban J connectivity index is 1.69. The van der Waals surface area contributed by atoms with E-state index in [0.717, 1.165) is 12.0 Å². The lowest BCUT2D eigenvalue weighted by atomic mass is 10.1. The highest BCUT2D eigenvalue weighted by atomic mass is 19.1. The molecule has 0 aliphatic heterocycles. The van der Waals surface area contributed by atoms with Crippen LogP contribution in [0, 0.1) is 35.3 Å². The molecule has 0 aliphatic rings. The zero-order valence-electron chi connectivity index (χ0n) is 18.1.